The van der Waals surface area contributed by atoms with Crippen molar-refractivity contribution in [2.24, 2.45) is 0 Å². The lowest BCUT2D eigenvalue weighted by molar-refractivity contribution is 0.0692. The zero-order valence-electron chi connectivity index (χ0n) is 10.8. The highest BCUT2D eigenvalue weighted by Crippen LogP contribution is 2.15. The summed E-state index contributed by atoms with van der Waals surface area (Å²) in [7, 11) is -3.11. The summed E-state index contributed by atoms with van der Waals surface area (Å²) < 4.78 is 35.7. The van der Waals surface area contributed by atoms with Crippen molar-refractivity contribution in [2.45, 2.75) is 12.5 Å². The molecule has 114 valence electrons. The summed E-state index contributed by atoms with van der Waals surface area (Å²) in [5.74, 6) is -2.45. The maximum Gasteiger partial charge on any atom is 0.338 e. The van der Waals surface area contributed by atoms with Crippen molar-refractivity contribution in [1.29, 1.82) is 0 Å². The second-order valence-corrected chi connectivity index (χ2v) is 6.93. The Hall–Kier alpha value is -2.16. The third-order valence-electron chi connectivity index (χ3n) is 3.02. The highest BCUT2D eigenvalue weighted by molar-refractivity contribution is 7.91. The zero-order valence-corrected chi connectivity index (χ0v) is 11.6. The lowest BCUT2D eigenvalue weighted by Gasteiger charge is -2.12. The number of carboxylic acids is 1. The molecule has 1 atom stereocenters. The molecule has 9 heteroatoms. The molecule has 0 saturated carbocycles. The van der Waals surface area contributed by atoms with Crippen molar-refractivity contribution in [1.82, 2.24) is 5.32 Å². The molecular formula is C12H13FN2O5S. The predicted molar refractivity (Wildman–Crippen MR) is 72.6 cm³/mol. The van der Waals surface area contributed by atoms with Crippen LogP contribution in [0.3, 0.4) is 0 Å². The molecule has 1 unspecified atom stereocenters. The second-order valence-electron chi connectivity index (χ2n) is 4.70. The molecular weight excluding hydrogens is 303 g/mol. The van der Waals surface area contributed by atoms with Crippen molar-refractivity contribution in [3.05, 3.63) is 29.6 Å². The van der Waals surface area contributed by atoms with Gasteiger partial charge in [-0.15, -0.1) is 0 Å². The molecule has 1 aliphatic rings. The van der Waals surface area contributed by atoms with Gasteiger partial charge in [-0.05, 0) is 24.6 Å². The van der Waals surface area contributed by atoms with Crippen LogP contribution >= 0.6 is 0 Å². The van der Waals surface area contributed by atoms with Gasteiger partial charge in [-0.2, -0.15) is 0 Å². The Kier molecular flexibility index (Phi) is 4.12. The number of carbonyl (C=O) groups excluding carboxylic acids is 1. The standard InChI is InChI=1S/C12H13FN2O5S/c13-10-2-1-7(5-9(10)11(16)17)14-12(18)15-8-3-4-21(19,20)6-8/h1-2,5,8H,3-4,6H2,(H,16,17)(H2,14,15,18). The Morgan fingerprint density at radius 2 is 2.05 bits per heavy atom. The first-order valence-corrected chi connectivity index (χ1v) is 7.90. The number of sulfone groups is 1. The number of urea groups is 1. The van der Waals surface area contributed by atoms with Gasteiger partial charge in [-0.1, -0.05) is 0 Å². The minimum atomic E-state index is -3.11. The van der Waals surface area contributed by atoms with Crippen LogP contribution in [-0.4, -0.2) is 43.1 Å². The minimum absolute atomic E-state index is 0.0255. The van der Waals surface area contributed by atoms with Crippen LogP contribution in [0.5, 0.6) is 0 Å². The Labute approximate surface area is 120 Å². The van der Waals surface area contributed by atoms with Crippen LogP contribution in [0.15, 0.2) is 18.2 Å². The van der Waals surface area contributed by atoms with Crippen LogP contribution in [0, 0.1) is 5.82 Å². The van der Waals surface area contributed by atoms with Crippen LogP contribution in [0.2, 0.25) is 0 Å². The number of aromatic carboxylic acids is 1. The minimum Gasteiger partial charge on any atom is -0.478 e. The van der Waals surface area contributed by atoms with E-state index in [4.69, 9.17) is 5.11 Å². The molecule has 1 aromatic rings. The van der Waals surface area contributed by atoms with Gasteiger partial charge >= 0.3 is 12.0 Å². The molecule has 2 rings (SSSR count). The Balaban J connectivity index is 2.00. The van der Waals surface area contributed by atoms with E-state index in [1.54, 1.807) is 0 Å². The smallest absolute Gasteiger partial charge is 0.338 e. The lowest BCUT2D eigenvalue weighted by atomic mass is 10.2. The number of hydrogen-bond donors (Lipinski definition) is 3. The van der Waals surface area contributed by atoms with Gasteiger partial charge in [-0.25, -0.2) is 22.4 Å². The summed E-state index contributed by atoms with van der Waals surface area (Å²) in [5.41, 5.74) is -0.455. The van der Waals surface area contributed by atoms with Gasteiger partial charge in [0, 0.05) is 11.7 Å². The topological polar surface area (TPSA) is 113 Å². The predicted octanol–water partition coefficient (Wildman–Crippen LogP) is 0.833. The summed E-state index contributed by atoms with van der Waals surface area (Å²) in [6.45, 7) is 0. The van der Waals surface area contributed by atoms with Crippen LogP contribution < -0.4 is 10.6 Å². The molecule has 1 heterocycles. The van der Waals surface area contributed by atoms with E-state index < -0.39 is 39.3 Å². The average molecular weight is 316 g/mol. The van der Waals surface area contributed by atoms with E-state index in [-0.39, 0.29) is 17.2 Å². The zero-order chi connectivity index (χ0) is 15.6. The molecule has 0 bridgehead atoms. The normalized spacial score (nSPS) is 20.0. The van der Waals surface area contributed by atoms with Crippen molar-refractivity contribution < 1.29 is 27.5 Å². The first-order chi connectivity index (χ1) is 9.77. The van der Waals surface area contributed by atoms with Crippen molar-refractivity contribution in [2.75, 3.05) is 16.8 Å². The fourth-order valence-electron chi connectivity index (χ4n) is 2.03. The molecule has 0 spiro atoms. The van der Waals surface area contributed by atoms with Gasteiger partial charge in [0.2, 0.25) is 0 Å². The first kappa shape index (κ1) is 15.2. The number of anilines is 1. The largest absolute Gasteiger partial charge is 0.478 e. The molecule has 7 nitrogen and oxygen atoms in total. The van der Waals surface area contributed by atoms with E-state index in [2.05, 4.69) is 10.6 Å². The number of hydrogen-bond acceptors (Lipinski definition) is 4. The number of rotatable bonds is 3. The third kappa shape index (κ3) is 3.91. The van der Waals surface area contributed by atoms with E-state index in [9.17, 15) is 22.4 Å². The van der Waals surface area contributed by atoms with Crippen LogP contribution in [0.4, 0.5) is 14.9 Å². The number of benzene rings is 1. The van der Waals surface area contributed by atoms with E-state index in [1.165, 1.54) is 6.07 Å². The summed E-state index contributed by atoms with van der Waals surface area (Å²) in [5, 5.41) is 13.6. The summed E-state index contributed by atoms with van der Waals surface area (Å²) in [6, 6.07) is 1.99. The Bertz CT molecular complexity index is 689. The van der Waals surface area contributed by atoms with Crippen molar-refractivity contribution in [3.8, 4) is 0 Å². The number of carboxylic acid groups (broad SMARTS) is 1. The van der Waals surface area contributed by atoms with Gasteiger partial charge in [0.25, 0.3) is 0 Å². The van der Waals surface area contributed by atoms with Gasteiger partial charge in [0.1, 0.15) is 5.82 Å². The molecule has 1 aromatic carbocycles. The maximum absolute atomic E-state index is 13.2. The Morgan fingerprint density at radius 1 is 1.33 bits per heavy atom. The van der Waals surface area contributed by atoms with E-state index in [1.807, 2.05) is 0 Å². The number of nitrogens with one attached hydrogen (secondary N) is 2. The van der Waals surface area contributed by atoms with Crippen LogP contribution in [-0.2, 0) is 9.84 Å². The van der Waals surface area contributed by atoms with Crippen LogP contribution in [0.1, 0.15) is 16.8 Å². The number of halogens is 1. The fraction of sp³-hybridized carbons (Fsp3) is 0.333. The average Bonchev–Trinajstić information content (AvgIpc) is 2.70. The molecule has 1 saturated heterocycles. The molecule has 21 heavy (non-hydrogen) atoms. The molecule has 3 N–H and O–H groups in total. The molecule has 1 fully saturated rings. The third-order valence-corrected chi connectivity index (χ3v) is 4.79. The van der Waals surface area contributed by atoms with E-state index in [0.29, 0.717) is 6.42 Å². The maximum atomic E-state index is 13.2. The summed E-state index contributed by atoms with van der Waals surface area (Å²) in [4.78, 5) is 22.5. The van der Waals surface area contributed by atoms with Crippen LogP contribution in [0.25, 0.3) is 0 Å². The first-order valence-electron chi connectivity index (χ1n) is 6.07. The molecule has 0 radical (unpaired) electrons. The van der Waals surface area contributed by atoms with Gasteiger partial charge in [0.15, 0.2) is 9.84 Å². The highest BCUT2D eigenvalue weighted by atomic mass is 32.2. The lowest BCUT2D eigenvalue weighted by Crippen LogP contribution is -2.38. The monoisotopic (exact) mass is 316 g/mol. The molecule has 0 aliphatic carbocycles. The molecule has 1 aliphatic heterocycles. The Morgan fingerprint density at radius 3 is 2.62 bits per heavy atom. The van der Waals surface area contributed by atoms with E-state index >= 15 is 0 Å². The van der Waals surface area contributed by atoms with Crippen molar-refractivity contribution in [3.63, 3.8) is 0 Å². The molecule has 2 amide bonds. The quantitative estimate of drug-likeness (QED) is 0.764. The van der Waals surface area contributed by atoms with E-state index in [0.717, 1.165) is 12.1 Å². The van der Waals surface area contributed by atoms with Gasteiger partial charge in [0.05, 0.1) is 17.1 Å². The highest BCUT2D eigenvalue weighted by Gasteiger charge is 2.28. The SMILES string of the molecule is O=C(Nc1ccc(F)c(C(=O)O)c1)NC1CCS(=O)(=O)C1. The summed E-state index contributed by atoms with van der Waals surface area (Å²) >= 11 is 0. The number of carbonyl (C=O) groups is 2. The number of amides is 2. The van der Waals surface area contributed by atoms with Gasteiger partial charge < -0.3 is 15.7 Å². The fourth-order valence-corrected chi connectivity index (χ4v) is 3.70. The van der Waals surface area contributed by atoms with Crippen molar-refractivity contribution >= 4 is 27.5 Å². The molecule has 0 aromatic heterocycles. The second kappa shape index (κ2) is 5.68. The van der Waals surface area contributed by atoms with Gasteiger partial charge in [-0.3, -0.25) is 0 Å². The summed E-state index contributed by atoms with van der Waals surface area (Å²) in [6.07, 6.45) is 0.333.